The maximum atomic E-state index is 9.56. The van der Waals surface area contributed by atoms with Crippen LogP contribution in [0.3, 0.4) is 0 Å². The van der Waals surface area contributed by atoms with Crippen LogP contribution in [0.2, 0.25) is 0 Å². The lowest BCUT2D eigenvalue weighted by Crippen LogP contribution is -2.43. The molecule has 0 aromatic rings. The highest BCUT2D eigenvalue weighted by Gasteiger charge is 2.29. The highest BCUT2D eigenvalue weighted by Crippen LogP contribution is 2.32. The average molecular weight is 214 g/mol. The molecule has 1 aliphatic rings. The first-order valence-electron chi connectivity index (χ1n) is 4.98. The largest absolute Gasteiger partial charge is 0.391 e. The molecule has 0 heterocycles. The Bertz CT molecular complexity index is 216. The number of aliphatic hydroxyl groups is 1. The highest BCUT2D eigenvalue weighted by molar-refractivity contribution is 7.80. The van der Waals surface area contributed by atoms with Gasteiger partial charge in [0, 0.05) is 12.6 Å². The molecule has 0 aromatic carbocycles. The van der Waals surface area contributed by atoms with Gasteiger partial charge in [0.25, 0.3) is 0 Å². The van der Waals surface area contributed by atoms with Gasteiger partial charge in [-0.25, -0.2) is 0 Å². The fourth-order valence-corrected chi connectivity index (χ4v) is 1.43. The number of thiocarbonyl (C=S) groups is 1. The van der Waals surface area contributed by atoms with Gasteiger partial charge in [-0.2, -0.15) is 0 Å². The third-order valence-corrected chi connectivity index (χ3v) is 2.61. The van der Waals surface area contributed by atoms with E-state index in [1.165, 1.54) is 0 Å². The molecule has 1 saturated carbocycles. The van der Waals surface area contributed by atoms with Crippen LogP contribution in [0.25, 0.3) is 0 Å². The normalized spacial score (nSPS) is 19.6. The lowest BCUT2D eigenvalue weighted by Gasteiger charge is -2.16. The van der Waals surface area contributed by atoms with Gasteiger partial charge in [0.1, 0.15) is 0 Å². The van der Waals surface area contributed by atoms with E-state index in [0.29, 0.717) is 17.6 Å². The maximum absolute atomic E-state index is 9.56. The molecular formula is C10H18N2OS. The predicted molar refractivity (Wildman–Crippen MR) is 62.1 cm³/mol. The fraction of sp³-hybridized carbons (Fsp3) is 0.700. The smallest absolute Gasteiger partial charge is 0.166 e. The van der Waals surface area contributed by atoms with Crippen LogP contribution in [0.5, 0.6) is 0 Å². The van der Waals surface area contributed by atoms with Gasteiger partial charge in [-0.1, -0.05) is 6.08 Å². The van der Waals surface area contributed by atoms with E-state index >= 15 is 0 Å². The minimum absolute atomic E-state index is 0.160. The fourth-order valence-electron chi connectivity index (χ4n) is 1.16. The van der Waals surface area contributed by atoms with Crippen molar-refractivity contribution in [3.05, 3.63) is 12.7 Å². The van der Waals surface area contributed by atoms with E-state index < -0.39 is 0 Å². The molecule has 4 heteroatoms. The maximum Gasteiger partial charge on any atom is 0.166 e. The van der Waals surface area contributed by atoms with Crippen molar-refractivity contribution < 1.29 is 5.11 Å². The van der Waals surface area contributed by atoms with E-state index in [-0.39, 0.29) is 12.1 Å². The Balaban J connectivity index is 2.10. The van der Waals surface area contributed by atoms with Crippen LogP contribution in [0.4, 0.5) is 0 Å². The molecule has 80 valence electrons. The molecule has 1 fully saturated rings. The summed E-state index contributed by atoms with van der Waals surface area (Å²) in [6.07, 6.45) is 3.82. The Kier molecular flexibility index (Phi) is 4.35. The summed E-state index contributed by atoms with van der Waals surface area (Å²) < 4.78 is 0. The van der Waals surface area contributed by atoms with E-state index in [4.69, 9.17) is 12.2 Å². The molecule has 0 amide bonds. The number of nitrogens with one attached hydrogen (secondary N) is 2. The van der Waals surface area contributed by atoms with Gasteiger partial charge in [0.15, 0.2) is 5.11 Å². The molecule has 1 rings (SSSR count). The van der Waals surface area contributed by atoms with Gasteiger partial charge in [-0.05, 0) is 37.9 Å². The molecule has 3 N–H and O–H groups in total. The summed E-state index contributed by atoms with van der Waals surface area (Å²) >= 11 is 5.04. The molecule has 14 heavy (non-hydrogen) atoms. The first kappa shape index (κ1) is 11.5. The van der Waals surface area contributed by atoms with Crippen LogP contribution in [-0.2, 0) is 0 Å². The van der Waals surface area contributed by atoms with Crippen LogP contribution in [0.1, 0.15) is 19.8 Å². The zero-order valence-corrected chi connectivity index (χ0v) is 9.31. The summed E-state index contributed by atoms with van der Waals surface area (Å²) in [5.74, 6) is 0.488. The molecule has 0 bridgehead atoms. The lowest BCUT2D eigenvalue weighted by molar-refractivity contribution is 0.154. The zero-order valence-electron chi connectivity index (χ0n) is 8.49. The summed E-state index contributed by atoms with van der Waals surface area (Å²) in [6.45, 7) is 6.16. The Hall–Kier alpha value is -0.610. The summed E-state index contributed by atoms with van der Waals surface area (Å²) in [7, 11) is 0. The molecule has 0 radical (unpaired) electrons. The van der Waals surface area contributed by atoms with Crippen LogP contribution >= 0.6 is 12.2 Å². The monoisotopic (exact) mass is 214 g/mol. The SMILES string of the molecule is C=CC(C)NC(=S)NCC(O)C1CC1. The minimum atomic E-state index is -0.256. The van der Waals surface area contributed by atoms with Gasteiger partial charge in [-0.3, -0.25) is 0 Å². The van der Waals surface area contributed by atoms with Gasteiger partial charge in [0.2, 0.25) is 0 Å². The van der Waals surface area contributed by atoms with Crippen LogP contribution in [-0.4, -0.2) is 28.9 Å². The van der Waals surface area contributed by atoms with E-state index in [9.17, 15) is 5.11 Å². The Morgan fingerprint density at radius 1 is 1.71 bits per heavy atom. The van der Waals surface area contributed by atoms with Crippen LogP contribution < -0.4 is 10.6 Å². The first-order chi connectivity index (χ1) is 6.63. The number of hydrogen-bond donors (Lipinski definition) is 3. The number of aliphatic hydroxyl groups excluding tert-OH is 1. The standard InChI is InChI=1S/C10H18N2OS/c1-3-7(2)12-10(14)11-6-9(13)8-4-5-8/h3,7-9,13H,1,4-6H2,2H3,(H2,11,12,14). The highest BCUT2D eigenvalue weighted by atomic mass is 32.1. The third-order valence-electron chi connectivity index (χ3n) is 2.35. The minimum Gasteiger partial charge on any atom is -0.391 e. The second-order valence-corrected chi connectivity index (χ2v) is 4.19. The van der Waals surface area contributed by atoms with Crippen LogP contribution in [0.15, 0.2) is 12.7 Å². The molecular weight excluding hydrogens is 196 g/mol. The lowest BCUT2D eigenvalue weighted by atomic mass is 10.2. The van der Waals surface area contributed by atoms with E-state index in [1.54, 1.807) is 6.08 Å². The van der Waals surface area contributed by atoms with Crippen molar-refractivity contribution in [3.63, 3.8) is 0 Å². The van der Waals surface area contributed by atoms with Crippen LogP contribution in [0, 0.1) is 5.92 Å². The second kappa shape index (κ2) is 5.32. The van der Waals surface area contributed by atoms with Crippen molar-refractivity contribution in [3.8, 4) is 0 Å². The molecule has 2 unspecified atom stereocenters. The van der Waals surface area contributed by atoms with E-state index in [0.717, 1.165) is 12.8 Å². The topological polar surface area (TPSA) is 44.3 Å². The quantitative estimate of drug-likeness (QED) is 0.468. The van der Waals surface area contributed by atoms with Crippen molar-refractivity contribution in [1.29, 1.82) is 0 Å². The van der Waals surface area contributed by atoms with Crippen molar-refractivity contribution in [2.75, 3.05) is 6.54 Å². The Labute approximate surface area is 90.6 Å². The predicted octanol–water partition coefficient (Wildman–Crippen LogP) is 0.796. The van der Waals surface area contributed by atoms with Crippen molar-refractivity contribution >= 4 is 17.3 Å². The molecule has 1 aliphatic carbocycles. The van der Waals surface area contributed by atoms with E-state index in [1.807, 2.05) is 6.92 Å². The van der Waals surface area contributed by atoms with Gasteiger partial charge >= 0.3 is 0 Å². The molecule has 0 spiro atoms. The summed E-state index contributed by atoms with van der Waals surface area (Å²) in [4.78, 5) is 0. The number of hydrogen-bond acceptors (Lipinski definition) is 2. The Morgan fingerprint density at radius 3 is 2.86 bits per heavy atom. The second-order valence-electron chi connectivity index (χ2n) is 3.78. The van der Waals surface area contributed by atoms with Crippen molar-refractivity contribution in [2.45, 2.75) is 31.9 Å². The summed E-state index contributed by atoms with van der Waals surface area (Å²) in [5, 5.41) is 16.2. The number of rotatable bonds is 5. The molecule has 2 atom stereocenters. The van der Waals surface area contributed by atoms with Gasteiger partial charge < -0.3 is 15.7 Å². The molecule has 0 saturated heterocycles. The van der Waals surface area contributed by atoms with Gasteiger partial charge in [0.05, 0.1) is 6.10 Å². The Morgan fingerprint density at radius 2 is 2.36 bits per heavy atom. The van der Waals surface area contributed by atoms with E-state index in [2.05, 4.69) is 17.2 Å². The average Bonchev–Trinajstić information content (AvgIpc) is 2.97. The van der Waals surface area contributed by atoms with Crippen molar-refractivity contribution in [2.24, 2.45) is 5.92 Å². The first-order valence-corrected chi connectivity index (χ1v) is 5.39. The summed E-state index contributed by atoms with van der Waals surface area (Å²) in [5.41, 5.74) is 0. The summed E-state index contributed by atoms with van der Waals surface area (Å²) in [6, 6.07) is 0.160. The molecule has 0 aromatic heterocycles. The third kappa shape index (κ3) is 4.07. The van der Waals surface area contributed by atoms with Crippen molar-refractivity contribution in [1.82, 2.24) is 10.6 Å². The molecule has 0 aliphatic heterocycles. The molecule has 3 nitrogen and oxygen atoms in total. The zero-order chi connectivity index (χ0) is 10.6. The van der Waals surface area contributed by atoms with Gasteiger partial charge in [-0.15, -0.1) is 6.58 Å².